The van der Waals surface area contributed by atoms with Gasteiger partial charge >= 0.3 is 0 Å². The lowest BCUT2D eigenvalue weighted by molar-refractivity contribution is 0.0592. The van der Waals surface area contributed by atoms with Crippen LogP contribution >= 0.6 is 0 Å². The number of nitrogens with zero attached hydrogens (tertiary/aromatic N) is 1. The van der Waals surface area contributed by atoms with Crippen LogP contribution in [0.2, 0.25) is 0 Å². The molecular weight excluding hydrogens is 212 g/mol. The Balaban J connectivity index is 1.94. The Hall–Kier alpha value is -0.120. The van der Waals surface area contributed by atoms with Gasteiger partial charge in [-0.25, -0.2) is 0 Å². The van der Waals surface area contributed by atoms with Crippen molar-refractivity contribution in [1.29, 1.82) is 0 Å². The highest BCUT2D eigenvalue weighted by Gasteiger charge is 2.37. The Kier molecular flexibility index (Phi) is 4.11. The van der Waals surface area contributed by atoms with Crippen LogP contribution < -0.4 is 5.73 Å². The van der Waals surface area contributed by atoms with E-state index in [9.17, 15) is 5.11 Å². The number of rotatable bonds is 3. The third-order valence-electron chi connectivity index (χ3n) is 4.69. The van der Waals surface area contributed by atoms with E-state index in [1.165, 1.54) is 38.5 Å². The number of hydrogen-bond donors (Lipinski definition) is 2. The van der Waals surface area contributed by atoms with Crippen LogP contribution in [-0.4, -0.2) is 41.8 Å². The summed E-state index contributed by atoms with van der Waals surface area (Å²) >= 11 is 0. The third kappa shape index (κ3) is 3.43. The van der Waals surface area contributed by atoms with Crippen molar-refractivity contribution in [2.75, 3.05) is 26.2 Å². The van der Waals surface area contributed by atoms with Crippen molar-refractivity contribution in [1.82, 2.24) is 4.90 Å². The second-order valence-corrected chi connectivity index (χ2v) is 6.58. The van der Waals surface area contributed by atoms with E-state index < -0.39 is 5.60 Å². The highest BCUT2D eigenvalue weighted by molar-refractivity contribution is 4.92. The maximum absolute atomic E-state index is 10.0. The SMILES string of the molecule is CC1(O)CCN(CC2(CN)CCCCCC2)C1. The molecule has 0 aromatic carbocycles. The van der Waals surface area contributed by atoms with Crippen LogP contribution in [0, 0.1) is 5.41 Å². The molecule has 1 saturated carbocycles. The molecular formula is C14H28N2O. The van der Waals surface area contributed by atoms with Gasteiger partial charge in [0.05, 0.1) is 5.60 Å². The fraction of sp³-hybridized carbons (Fsp3) is 1.00. The lowest BCUT2D eigenvalue weighted by Gasteiger charge is -2.35. The topological polar surface area (TPSA) is 49.5 Å². The Morgan fingerprint density at radius 2 is 1.76 bits per heavy atom. The normalized spacial score (nSPS) is 34.8. The van der Waals surface area contributed by atoms with Crippen molar-refractivity contribution in [3.05, 3.63) is 0 Å². The van der Waals surface area contributed by atoms with E-state index in [4.69, 9.17) is 5.73 Å². The van der Waals surface area contributed by atoms with Gasteiger partial charge in [0, 0.05) is 19.6 Å². The van der Waals surface area contributed by atoms with E-state index in [0.717, 1.165) is 32.6 Å². The first-order chi connectivity index (χ1) is 8.05. The molecule has 0 aromatic heterocycles. The van der Waals surface area contributed by atoms with Gasteiger partial charge in [-0.15, -0.1) is 0 Å². The third-order valence-corrected chi connectivity index (χ3v) is 4.69. The lowest BCUT2D eigenvalue weighted by atomic mass is 9.80. The van der Waals surface area contributed by atoms with Gasteiger partial charge in [0.1, 0.15) is 0 Å². The average molecular weight is 240 g/mol. The van der Waals surface area contributed by atoms with Crippen molar-refractivity contribution in [2.45, 2.75) is 57.5 Å². The Labute approximate surface area is 105 Å². The largest absolute Gasteiger partial charge is 0.389 e. The lowest BCUT2D eigenvalue weighted by Crippen LogP contribution is -2.43. The van der Waals surface area contributed by atoms with Crippen molar-refractivity contribution in [2.24, 2.45) is 11.1 Å². The zero-order valence-corrected chi connectivity index (χ0v) is 11.2. The molecule has 0 radical (unpaired) electrons. The summed E-state index contributed by atoms with van der Waals surface area (Å²) in [5.41, 5.74) is 5.92. The van der Waals surface area contributed by atoms with Crippen LogP contribution in [-0.2, 0) is 0 Å². The first kappa shape index (κ1) is 13.3. The molecule has 3 nitrogen and oxygen atoms in total. The van der Waals surface area contributed by atoms with E-state index in [1.807, 2.05) is 6.92 Å². The van der Waals surface area contributed by atoms with E-state index in [0.29, 0.717) is 5.41 Å². The average Bonchev–Trinajstić information content (AvgIpc) is 2.52. The molecule has 1 unspecified atom stereocenters. The second-order valence-electron chi connectivity index (χ2n) is 6.58. The standard InChI is InChI=1S/C14H28N2O/c1-13(17)8-9-16(11-13)12-14(10-15)6-4-2-3-5-7-14/h17H,2-12,15H2,1H3. The summed E-state index contributed by atoms with van der Waals surface area (Å²) in [6, 6.07) is 0. The highest BCUT2D eigenvalue weighted by Crippen LogP contribution is 2.36. The van der Waals surface area contributed by atoms with E-state index in [2.05, 4.69) is 4.90 Å². The number of hydrogen-bond acceptors (Lipinski definition) is 3. The molecule has 100 valence electrons. The molecule has 2 fully saturated rings. The summed E-state index contributed by atoms with van der Waals surface area (Å²) < 4.78 is 0. The molecule has 3 heteroatoms. The Bertz CT molecular complexity index is 245. The molecule has 0 spiro atoms. The molecule has 1 saturated heterocycles. The molecule has 1 aliphatic heterocycles. The minimum Gasteiger partial charge on any atom is -0.389 e. The van der Waals surface area contributed by atoms with Crippen molar-refractivity contribution >= 4 is 0 Å². The van der Waals surface area contributed by atoms with Crippen LogP contribution in [0.3, 0.4) is 0 Å². The number of β-amino-alcohol motifs (C(OH)–C–C–N with tert-alkyl or cyclic N) is 1. The zero-order valence-electron chi connectivity index (χ0n) is 11.2. The quantitative estimate of drug-likeness (QED) is 0.739. The van der Waals surface area contributed by atoms with Gasteiger partial charge in [-0.2, -0.15) is 0 Å². The van der Waals surface area contributed by atoms with Gasteiger partial charge in [0.2, 0.25) is 0 Å². The monoisotopic (exact) mass is 240 g/mol. The maximum Gasteiger partial charge on any atom is 0.0758 e. The summed E-state index contributed by atoms with van der Waals surface area (Å²) in [4.78, 5) is 2.43. The minimum atomic E-state index is -0.472. The number of aliphatic hydroxyl groups is 1. The molecule has 17 heavy (non-hydrogen) atoms. The number of nitrogens with two attached hydrogens (primary N) is 1. The minimum absolute atomic E-state index is 0.330. The number of likely N-dealkylation sites (tertiary alicyclic amines) is 1. The summed E-state index contributed by atoms with van der Waals surface area (Å²) in [6.45, 7) is 5.73. The predicted octanol–water partition coefficient (Wildman–Crippen LogP) is 1.74. The molecule has 0 aromatic rings. The van der Waals surface area contributed by atoms with Gasteiger partial charge in [0.15, 0.2) is 0 Å². The fourth-order valence-electron chi connectivity index (χ4n) is 3.55. The van der Waals surface area contributed by atoms with Crippen molar-refractivity contribution < 1.29 is 5.11 Å². The summed E-state index contributed by atoms with van der Waals surface area (Å²) in [7, 11) is 0. The van der Waals surface area contributed by atoms with Crippen LogP contribution in [0.5, 0.6) is 0 Å². The van der Waals surface area contributed by atoms with E-state index in [1.54, 1.807) is 0 Å². The van der Waals surface area contributed by atoms with Crippen LogP contribution in [0.1, 0.15) is 51.9 Å². The summed E-state index contributed by atoms with van der Waals surface area (Å²) in [5.74, 6) is 0. The molecule has 3 N–H and O–H groups in total. The van der Waals surface area contributed by atoms with Gasteiger partial charge in [-0.05, 0) is 38.1 Å². The maximum atomic E-state index is 10.0. The molecule has 1 atom stereocenters. The van der Waals surface area contributed by atoms with Crippen molar-refractivity contribution in [3.63, 3.8) is 0 Å². The van der Waals surface area contributed by atoms with E-state index in [-0.39, 0.29) is 0 Å². The van der Waals surface area contributed by atoms with Crippen LogP contribution in [0.4, 0.5) is 0 Å². The van der Waals surface area contributed by atoms with Crippen LogP contribution in [0.25, 0.3) is 0 Å². The predicted molar refractivity (Wildman–Crippen MR) is 70.9 cm³/mol. The van der Waals surface area contributed by atoms with Gasteiger partial charge in [0.25, 0.3) is 0 Å². The Morgan fingerprint density at radius 3 is 2.24 bits per heavy atom. The first-order valence-corrected chi connectivity index (χ1v) is 7.20. The fourth-order valence-corrected chi connectivity index (χ4v) is 3.55. The summed E-state index contributed by atoms with van der Waals surface area (Å²) in [5, 5.41) is 10.0. The first-order valence-electron chi connectivity index (χ1n) is 7.20. The second kappa shape index (κ2) is 5.25. The van der Waals surface area contributed by atoms with Crippen LogP contribution in [0.15, 0.2) is 0 Å². The highest BCUT2D eigenvalue weighted by atomic mass is 16.3. The smallest absolute Gasteiger partial charge is 0.0758 e. The molecule has 2 aliphatic rings. The van der Waals surface area contributed by atoms with E-state index >= 15 is 0 Å². The molecule has 2 rings (SSSR count). The van der Waals surface area contributed by atoms with Gasteiger partial charge in [-0.3, -0.25) is 4.90 Å². The van der Waals surface area contributed by atoms with Gasteiger partial charge in [-0.1, -0.05) is 25.7 Å². The molecule has 1 aliphatic carbocycles. The zero-order chi connectivity index (χ0) is 12.4. The Morgan fingerprint density at radius 1 is 1.12 bits per heavy atom. The molecule has 0 bridgehead atoms. The van der Waals surface area contributed by atoms with Gasteiger partial charge < -0.3 is 10.8 Å². The summed E-state index contributed by atoms with van der Waals surface area (Å²) in [6.07, 6.45) is 8.89. The molecule has 1 heterocycles. The van der Waals surface area contributed by atoms with Crippen molar-refractivity contribution in [3.8, 4) is 0 Å². The molecule has 0 amide bonds.